The SMILES string of the molecule is CCOc1ccc(-n2c(-c3ccccc3)cc(C(=O)N3CCC(C)CC3)c2C)cc1. The molecule has 156 valence electrons. The van der Waals surface area contributed by atoms with Gasteiger partial charge in [-0.2, -0.15) is 0 Å². The summed E-state index contributed by atoms with van der Waals surface area (Å²) in [6, 6.07) is 20.4. The lowest BCUT2D eigenvalue weighted by atomic mass is 9.98. The van der Waals surface area contributed by atoms with Gasteiger partial charge in [-0.3, -0.25) is 4.79 Å². The standard InChI is InChI=1S/C26H30N2O2/c1-4-30-23-12-10-22(11-13-23)28-20(3)24(18-25(28)21-8-6-5-7-9-21)26(29)27-16-14-19(2)15-17-27/h5-13,18-19H,4,14-17H2,1-3H3. The first-order valence-corrected chi connectivity index (χ1v) is 10.9. The number of amides is 1. The van der Waals surface area contributed by atoms with Crippen LogP contribution < -0.4 is 4.74 Å². The Kier molecular flexibility index (Phi) is 5.93. The van der Waals surface area contributed by atoms with Crippen molar-refractivity contribution in [3.63, 3.8) is 0 Å². The van der Waals surface area contributed by atoms with Crippen LogP contribution in [0.25, 0.3) is 16.9 Å². The van der Waals surface area contributed by atoms with Gasteiger partial charge >= 0.3 is 0 Å². The molecule has 0 radical (unpaired) electrons. The third kappa shape index (κ3) is 4.00. The Hall–Kier alpha value is -3.01. The molecule has 3 aromatic rings. The number of hydrogen-bond acceptors (Lipinski definition) is 2. The molecule has 1 saturated heterocycles. The van der Waals surface area contributed by atoms with Crippen LogP contribution in [0.4, 0.5) is 0 Å². The van der Waals surface area contributed by atoms with Crippen LogP contribution in [0.5, 0.6) is 5.75 Å². The average Bonchev–Trinajstić information content (AvgIpc) is 3.12. The number of benzene rings is 2. The lowest BCUT2D eigenvalue weighted by Crippen LogP contribution is -2.38. The number of nitrogens with zero attached hydrogens (tertiary/aromatic N) is 2. The molecule has 0 atom stereocenters. The van der Waals surface area contributed by atoms with Crippen molar-refractivity contribution in [1.29, 1.82) is 0 Å². The van der Waals surface area contributed by atoms with E-state index in [-0.39, 0.29) is 5.91 Å². The lowest BCUT2D eigenvalue weighted by molar-refractivity contribution is 0.0696. The van der Waals surface area contributed by atoms with Crippen LogP contribution in [-0.4, -0.2) is 35.1 Å². The number of ether oxygens (including phenoxy) is 1. The van der Waals surface area contributed by atoms with Gasteiger partial charge < -0.3 is 14.2 Å². The second-order valence-corrected chi connectivity index (χ2v) is 8.13. The molecule has 4 rings (SSSR count). The van der Waals surface area contributed by atoms with Crippen LogP contribution in [0.3, 0.4) is 0 Å². The van der Waals surface area contributed by atoms with E-state index in [0.29, 0.717) is 12.5 Å². The summed E-state index contributed by atoms with van der Waals surface area (Å²) in [5.41, 5.74) is 4.92. The zero-order valence-corrected chi connectivity index (χ0v) is 18.1. The Bertz CT molecular complexity index is 998. The molecule has 4 nitrogen and oxygen atoms in total. The topological polar surface area (TPSA) is 34.5 Å². The lowest BCUT2D eigenvalue weighted by Gasteiger charge is -2.30. The predicted octanol–water partition coefficient (Wildman–Crippen LogP) is 5.72. The van der Waals surface area contributed by atoms with Crippen LogP contribution in [0.15, 0.2) is 60.7 Å². The number of piperidine rings is 1. The molecule has 1 aromatic heterocycles. The van der Waals surface area contributed by atoms with Crippen molar-refractivity contribution in [3.8, 4) is 22.7 Å². The Morgan fingerprint density at radius 2 is 1.70 bits per heavy atom. The van der Waals surface area contributed by atoms with Gasteiger partial charge in [0.05, 0.1) is 17.9 Å². The van der Waals surface area contributed by atoms with Crippen molar-refractivity contribution in [2.75, 3.05) is 19.7 Å². The highest BCUT2D eigenvalue weighted by atomic mass is 16.5. The molecule has 2 aromatic carbocycles. The van der Waals surface area contributed by atoms with Gasteiger partial charge in [-0.05, 0) is 68.5 Å². The van der Waals surface area contributed by atoms with Crippen molar-refractivity contribution < 1.29 is 9.53 Å². The third-order valence-corrected chi connectivity index (χ3v) is 6.02. The smallest absolute Gasteiger partial charge is 0.255 e. The fourth-order valence-corrected chi connectivity index (χ4v) is 4.22. The van der Waals surface area contributed by atoms with E-state index in [1.165, 1.54) is 0 Å². The molecule has 0 saturated carbocycles. The summed E-state index contributed by atoms with van der Waals surface area (Å²) in [5.74, 6) is 1.69. The number of carbonyl (C=O) groups excluding carboxylic acids is 1. The summed E-state index contributed by atoms with van der Waals surface area (Å²) < 4.78 is 7.79. The van der Waals surface area contributed by atoms with E-state index in [0.717, 1.165) is 59.9 Å². The average molecular weight is 403 g/mol. The van der Waals surface area contributed by atoms with Gasteiger partial charge in [0, 0.05) is 24.5 Å². The minimum atomic E-state index is 0.140. The van der Waals surface area contributed by atoms with E-state index in [1.807, 2.05) is 49.1 Å². The maximum absolute atomic E-state index is 13.4. The second-order valence-electron chi connectivity index (χ2n) is 8.13. The molecule has 30 heavy (non-hydrogen) atoms. The molecular formula is C26H30N2O2. The third-order valence-electron chi connectivity index (χ3n) is 6.02. The highest BCUT2D eigenvalue weighted by molar-refractivity contribution is 5.97. The van der Waals surface area contributed by atoms with Gasteiger partial charge in [0.1, 0.15) is 5.75 Å². The van der Waals surface area contributed by atoms with E-state index in [9.17, 15) is 4.79 Å². The number of aromatic nitrogens is 1. The molecular weight excluding hydrogens is 372 g/mol. The first-order valence-electron chi connectivity index (χ1n) is 10.9. The van der Waals surface area contributed by atoms with E-state index >= 15 is 0 Å². The van der Waals surface area contributed by atoms with Gasteiger partial charge in [0.25, 0.3) is 5.91 Å². The Morgan fingerprint density at radius 3 is 2.33 bits per heavy atom. The Morgan fingerprint density at radius 1 is 1.03 bits per heavy atom. The van der Waals surface area contributed by atoms with E-state index in [1.54, 1.807) is 0 Å². The Labute approximate surface area is 179 Å². The molecule has 0 unspecified atom stereocenters. The second kappa shape index (κ2) is 8.78. The van der Waals surface area contributed by atoms with Gasteiger partial charge in [-0.1, -0.05) is 37.3 Å². The summed E-state index contributed by atoms with van der Waals surface area (Å²) in [6.45, 7) is 8.62. The molecule has 0 spiro atoms. The van der Waals surface area contributed by atoms with Crippen molar-refractivity contribution >= 4 is 5.91 Å². The monoisotopic (exact) mass is 402 g/mol. The zero-order valence-electron chi connectivity index (χ0n) is 18.1. The van der Waals surface area contributed by atoms with Crippen molar-refractivity contribution in [3.05, 3.63) is 71.9 Å². The van der Waals surface area contributed by atoms with Crippen LogP contribution in [0, 0.1) is 12.8 Å². The largest absolute Gasteiger partial charge is 0.494 e. The molecule has 2 heterocycles. The normalized spacial score (nSPS) is 14.7. The Balaban J connectivity index is 1.77. The number of hydrogen-bond donors (Lipinski definition) is 0. The van der Waals surface area contributed by atoms with E-state index in [4.69, 9.17) is 4.74 Å². The molecule has 0 bridgehead atoms. The zero-order chi connectivity index (χ0) is 21.1. The fourth-order valence-electron chi connectivity index (χ4n) is 4.22. The van der Waals surface area contributed by atoms with Crippen molar-refractivity contribution in [1.82, 2.24) is 9.47 Å². The van der Waals surface area contributed by atoms with Crippen molar-refractivity contribution in [2.24, 2.45) is 5.92 Å². The van der Waals surface area contributed by atoms with Gasteiger partial charge in [-0.25, -0.2) is 0 Å². The van der Waals surface area contributed by atoms with Crippen LogP contribution in [0.2, 0.25) is 0 Å². The summed E-state index contributed by atoms with van der Waals surface area (Å²) in [5, 5.41) is 0. The van der Waals surface area contributed by atoms with E-state index in [2.05, 4.69) is 41.8 Å². The van der Waals surface area contributed by atoms with E-state index < -0.39 is 0 Å². The molecule has 4 heteroatoms. The summed E-state index contributed by atoms with van der Waals surface area (Å²) in [7, 11) is 0. The van der Waals surface area contributed by atoms with Gasteiger partial charge in [-0.15, -0.1) is 0 Å². The number of carbonyl (C=O) groups is 1. The quantitative estimate of drug-likeness (QED) is 0.547. The summed E-state index contributed by atoms with van der Waals surface area (Å²) >= 11 is 0. The molecule has 1 aliphatic heterocycles. The minimum Gasteiger partial charge on any atom is -0.494 e. The maximum atomic E-state index is 13.4. The van der Waals surface area contributed by atoms with Crippen molar-refractivity contribution in [2.45, 2.75) is 33.6 Å². The van der Waals surface area contributed by atoms with Gasteiger partial charge in [0.2, 0.25) is 0 Å². The van der Waals surface area contributed by atoms with Crippen LogP contribution in [0.1, 0.15) is 42.7 Å². The predicted molar refractivity (Wildman–Crippen MR) is 121 cm³/mol. The highest BCUT2D eigenvalue weighted by Crippen LogP contribution is 2.31. The molecule has 1 aliphatic rings. The maximum Gasteiger partial charge on any atom is 0.255 e. The molecule has 1 fully saturated rings. The molecule has 0 aliphatic carbocycles. The van der Waals surface area contributed by atoms with Crippen LogP contribution in [-0.2, 0) is 0 Å². The number of rotatable bonds is 5. The fraction of sp³-hybridized carbons (Fsp3) is 0.346. The first-order chi connectivity index (χ1) is 14.6. The number of likely N-dealkylation sites (tertiary alicyclic amines) is 1. The molecule has 1 amide bonds. The van der Waals surface area contributed by atoms with Gasteiger partial charge in [0.15, 0.2) is 0 Å². The van der Waals surface area contributed by atoms with Crippen LogP contribution >= 0.6 is 0 Å². The first kappa shape index (κ1) is 20.3. The minimum absolute atomic E-state index is 0.140. The summed E-state index contributed by atoms with van der Waals surface area (Å²) in [6.07, 6.45) is 2.16. The molecule has 0 N–H and O–H groups in total. The summed E-state index contributed by atoms with van der Waals surface area (Å²) in [4.78, 5) is 15.4. The highest BCUT2D eigenvalue weighted by Gasteiger charge is 2.26.